The van der Waals surface area contributed by atoms with Crippen LogP contribution >= 0.6 is 0 Å². The number of rotatable bonds is 4. The first-order chi connectivity index (χ1) is 26.3. The summed E-state index contributed by atoms with van der Waals surface area (Å²) in [6.07, 6.45) is 5.72. The second-order valence-corrected chi connectivity index (χ2v) is 16.1. The Morgan fingerprint density at radius 1 is 0.509 bits per heavy atom. The lowest BCUT2D eigenvalue weighted by atomic mass is 9.77. The van der Waals surface area contributed by atoms with Crippen molar-refractivity contribution in [2.45, 2.75) is 111 Å². The topological polar surface area (TPSA) is 80.9 Å². The summed E-state index contributed by atoms with van der Waals surface area (Å²) in [6.45, 7) is 17.9. The molecule has 4 nitrogen and oxygen atoms in total. The van der Waals surface area contributed by atoms with Gasteiger partial charge in [-0.25, -0.2) is 0 Å². The van der Waals surface area contributed by atoms with Crippen molar-refractivity contribution in [3.63, 3.8) is 0 Å². The zero-order valence-corrected chi connectivity index (χ0v) is 34.2. The number of phenols is 4. The van der Waals surface area contributed by atoms with Crippen LogP contribution < -0.4 is 0 Å². The maximum absolute atomic E-state index is 9.75. The van der Waals surface area contributed by atoms with Crippen molar-refractivity contribution in [3.8, 4) is 23.0 Å². The van der Waals surface area contributed by atoms with Crippen LogP contribution in [0.2, 0.25) is 0 Å². The molecule has 0 amide bonds. The Hall–Kier alpha value is -4.96. The molecule has 6 aromatic rings. The molecule has 8 rings (SSSR count). The number of benzene rings is 6. The van der Waals surface area contributed by atoms with Crippen molar-refractivity contribution in [3.05, 3.63) is 143 Å². The van der Waals surface area contributed by atoms with E-state index in [2.05, 4.69) is 85.7 Å². The summed E-state index contributed by atoms with van der Waals surface area (Å²) in [5, 5.41) is 42.4. The van der Waals surface area contributed by atoms with Gasteiger partial charge in [0.15, 0.2) is 0 Å². The monoisotopic (exact) mass is 738 g/mol. The van der Waals surface area contributed by atoms with E-state index in [1.807, 2.05) is 54.6 Å². The van der Waals surface area contributed by atoms with Gasteiger partial charge in [-0.15, -0.1) is 0 Å². The third-order valence-corrected chi connectivity index (χ3v) is 12.5. The predicted octanol–water partition coefficient (Wildman–Crippen LogP) is 13.9. The maximum atomic E-state index is 9.75. The average Bonchev–Trinajstić information content (AvgIpc) is 3.47. The fourth-order valence-corrected chi connectivity index (χ4v) is 8.16. The molecule has 0 bridgehead atoms. The summed E-state index contributed by atoms with van der Waals surface area (Å²) in [5.41, 5.74) is 8.16. The van der Waals surface area contributed by atoms with Gasteiger partial charge in [0.2, 0.25) is 0 Å². The van der Waals surface area contributed by atoms with E-state index in [9.17, 15) is 20.4 Å². The summed E-state index contributed by atoms with van der Waals surface area (Å²) in [5.74, 6) is 5.42. The van der Waals surface area contributed by atoms with Crippen LogP contribution in [0, 0.1) is 11.8 Å². The highest BCUT2D eigenvalue weighted by molar-refractivity contribution is 5.91. The molecule has 0 radical (unpaired) electrons. The SMILES string of the molecule is CC1CCc2cc(O)ccc2C1C.CC1Cc2cc(O)ccc2C1C.CCC(C)c1ccc(O)c2ccccc12.CCC(C)c1cccc2c(O)cccc12. The molecule has 2 aliphatic carbocycles. The molecular weight excluding hydrogens is 677 g/mol. The molecule has 2 aliphatic rings. The van der Waals surface area contributed by atoms with Gasteiger partial charge in [0.1, 0.15) is 23.0 Å². The largest absolute Gasteiger partial charge is 0.508 e. The molecule has 0 fully saturated rings. The highest BCUT2D eigenvalue weighted by Crippen LogP contribution is 2.39. The molecule has 55 heavy (non-hydrogen) atoms. The van der Waals surface area contributed by atoms with E-state index in [1.165, 1.54) is 50.6 Å². The molecule has 290 valence electrons. The van der Waals surface area contributed by atoms with Crippen LogP contribution in [-0.4, -0.2) is 20.4 Å². The molecule has 0 saturated heterocycles. The first kappa shape index (κ1) is 41.2. The predicted molar refractivity (Wildman–Crippen MR) is 232 cm³/mol. The fourth-order valence-electron chi connectivity index (χ4n) is 8.16. The highest BCUT2D eigenvalue weighted by atomic mass is 16.3. The quantitative estimate of drug-likeness (QED) is 0.145. The Balaban J connectivity index is 0.000000141. The lowest BCUT2D eigenvalue weighted by Gasteiger charge is -2.28. The van der Waals surface area contributed by atoms with Crippen LogP contribution in [-0.2, 0) is 12.8 Å². The van der Waals surface area contributed by atoms with E-state index >= 15 is 0 Å². The van der Waals surface area contributed by atoms with Crippen LogP contribution in [0.25, 0.3) is 21.5 Å². The van der Waals surface area contributed by atoms with Crippen molar-refractivity contribution in [1.82, 2.24) is 0 Å². The molecule has 4 N–H and O–H groups in total. The number of phenolic OH excluding ortho intramolecular Hbond substituents is 4. The van der Waals surface area contributed by atoms with E-state index in [4.69, 9.17) is 0 Å². The smallest absolute Gasteiger partial charge is 0.123 e. The molecule has 6 atom stereocenters. The van der Waals surface area contributed by atoms with Crippen molar-refractivity contribution in [2.24, 2.45) is 11.8 Å². The molecule has 4 heteroatoms. The lowest BCUT2D eigenvalue weighted by molar-refractivity contribution is 0.421. The number of fused-ring (bicyclic) bond motifs is 4. The van der Waals surface area contributed by atoms with Crippen LogP contribution in [0.1, 0.15) is 132 Å². The van der Waals surface area contributed by atoms with Gasteiger partial charge in [0.25, 0.3) is 0 Å². The summed E-state index contributed by atoms with van der Waals surface area (Å²) in [4.78, 5) is 0. The van der Waals surface area contributed by atoms with Gasteiger partial charge in [-0.3, -0.25) is 0 Å². The molecule has 6 unspecified atom stereocenters. The first-order valence-electron chi connectivity index (χ1n) is 20.4. The molecule has 6 aromatic carbocycles. The minimum Gasteiger partial charge on any atom is -0.508 e. The van der Waals surface area contributed by atoms with Crippen LogP contribution in [0.4, 0.5) is 0 Å². The van der Waals surface area contributed by atoms with Gasteiger partial charge in [0, 0.05) is 10.8 Å². The van der Waals surface area contributed by atoms with Crippen molar-refractivity contribution >= 4 is 21.5 Å². The second kappa shape index (κ2) is 18.6. The van der Waals surface area contributed by atoms with Crippen molar-refractivity contribution < 1.29 is 20.4 Å². The van der Waals surface area contributed by atoms with Gasteiger partial charge >= 0.3 is 0 Å². The number of aromatic hydroxyl groups is 4. The van der Waals surface area contributed by atoms with E-state index in [-0.39, 0.29) is 0 Å². The Labute approximate surface area is 329 Å². The Morgan fingerprint density at radius 3 is 1.60 bits per heavy atom. The number of hydrogen-bond acceptors (Lipinski definition) is 4. The van der Waals surface area contributed by atoms with Gasteiger partial charge in [-0.2, -0.15) is 0 Å². The third kappa shape index (κ3) is 9.65. The van der Waals surface area contributed by atoms with E-state index < -0.39 is 0 Å². The second-order valence-electron chi connectivity index (χ2n) is 16.1. The lowest BCUT2D eigenvalue weighted by Crippen LogP contribution is -2.15. The Morgan fingerprint density at radius 2 is 0.982 bits per heavy atom. The zero-order chi connectivity index (χ0) is 39.8. The highest BCUT2D eigenvalue weighted by Gasteiger charge is 2.25. The van der Waals surface area contributed by atoms with Gasteiger partial charge in [-0.05, 0) is 148 Å². The van der Waals surface area contributed by atoms with E-state index in [1.54, 1.807) is 24.3 Å². The molecule has 0 heterocycles. The zero-order valence-electron chi connectivity index (χ0n) is 34.2. The minimum atomic E-state index is 0.373. The number of hydrogen-bond donors (Lipinski definition) is 4. The van der Waals surface area contributed by atoms with E-state index in [0.717, 1.165) is 48.3 Å². The van der Waals surface area contributed by atoms with Crippen molar-refractivity contribution in [1.29, 1.82) is 0 Å². The summed E-state index contributed by atoms with van der Waals surface area (Å²) < 4.78 is 0. The molecule has 0 spiro atoms. The average molecular weight is 739 g/mol. The van der Waals surface area contributed by atoms with Crippen LogP contribution in [0.3, 0.4) is 0 Å². The standard InChI is InChI=1S/2C14H16O.C12H16O.C11H14O/c1-3-10(2)11-6-4-8-13-12(11)7-5-9-14(13)15;1-3-10(2)11-8-9-14(15)13-7-5-4-6-12(11)13;1-8-3-4-10-7-11(13)5-6-12(10)9(8)2;1-7-5-9-6-10(12)3-4-11(9)8(7)2/h2*4-10,15H,3H2,1-2H3;5-9,13H,3-4H2,1-2H3;3-4,6-8,12H,5H2,1-2H3. The van der Waals surface area contributed by atoms with E-state index in [0.29, 0.717) is 46.7 Å². The van der Waals surface area contributed by atoms with Crippen LogP contribution in [0.5, 0.6) is 23.0 Å². The van der Waals surface area contributed by atoms with Crippen LogP contribution in [0.15, 0.2) is 109 Å². The summed E-state index contributed by atoms with van der Waals surface area (Å²) >= 11 is 0. The van der Waals surface area contributed by atoms with Crippen molar-refractivity contribution in [2.75, 3.05) is 0 Å². The Bertz CT molecular complexity index is 2140. The number of aryl methyl sites for hydroxylation is 1. The first-order valence-corrected chi connectivity index (χ1v) is 20.4. The minimum absolute atomic E-state index is 0.373. The Kier molecular flexibility index (Phi) is 13.9. The molecule has 0 saturated carbocycles. The molecule has 0 aromatic heterocycles. The molecule has 0 aliphatic heterocycles. The van der Waals surface area contributed by atoms with Gasteiger partial charge in [0.05, 0.1) is 0 Å². The summed E-state index contributed by atoms with van der Waals surface area (Å²) in [6, 6.07) is 35.2. The van der Waals surface area contributed by atoms with Gasteiger partial charge < -0.3 is 20.4 Å². The fraction of sp³-hybridized carbons (Fsp3) is 0.373. The summed E-state index contributed by atoms with van der Waals surface area (Å²) in [7, 11) is 0. The maximum Gasteiger partial charge on any atom is 0.123 e. The van der Waals surface area contributed by atoms with Gasteiger partial charge in [-0.1, -0.05) is 128 Å². The molecular formula is C51H62O4. The normalized spacial score (nSPS) is 19.3. The third-order valence-electron chi connectivity index (χ3n) is 12.5.